The second-order valence-electron chi connectivity index (χ2n) is 6.94. The number of halogens is 3. The van der Waals surface area contributed by atoms with E-state index in [1.807, 2.05) is 0 Å². The number of nitrogens with one attached hydrogen (secondary N) is 3. The monoisotopic (exact) mass is 391 g/mol. The van der Waals surface area contributed by atoms with Crippen LogP contribution in [0.1, 0.15) is 52.9 Å². The molecule has 1 aliphatic carbocycles. The fourth-order valence-electron chi connectivity index (χ4n) is 3.43. The first-order valence-electron chi connectivity index (χ1n) is 8.96. The molecule has 1 aromatic carbocycles. The Morgan fingerprint density at radius 1 is 1.25 bits per heavy atom. The van der Waals surface area contributed by atoms with Crippen molar-refractivity contribution in [1.29, 1.82) is 5.26 Å². The van der Waals surface area contributed by atoms with Crippen molar-refractivity contribution in [2.45, 2.75) is 50.9 Å². The lowest BCUT2D eigenvalue weighted by Gasteiger charge is -2.30. The first kappa shape index (κ1) is 19.7. The maximum Gasteiger partial charge on any atom is 0.417 e. The van der Waals surface area contributed by atoms with Gasteiger partial charge in [-0.3, -0.25) is 9.89 Å². The summed E-state index contributed by atoms with van der Waals surface area (Å²) >= 11 is 0. The Morgan fingerprint density at radius 2 is 1.93 bits per heavy atom. The molecule has 1 aromatic heterocycles. The van der Waals surface area contributed by atoms with E-state index in [2.05, 4.69) is 20.8 Å². The molecule has 0 aliphatic heterocycles. The average molecular weight is 391 g/mol. The maximum absolute atomic E-state index is 13.1. The smallest absolute Gasteiger partial charge is 0.382 e. The van der Waals surface area contributed by atoms with Gasteiger partial charge < -0.3 is 10.6 Å². The second-order valence-corrected chi connectivity index (χ2v) is 6.94. The Labute approximate surface area is 160 Å². The van der Waals surface area contributed by atoms with Crippen molar-refractivity contribution in [2.75, 3.05) is 5.32 Å². The predicted molar refractivity (Wildman–Crippen MR) is 96.6 cm³/mol. The molecule has 1 fully saturated rings. The van der Waals surface area contributed by atoms with Crippen molar-refractivity contribution in [3.63, 3.8) is 0 Å². The Hall–Kier alpha value is -3.02. The molecule has 148 valence electrons. The molecule has 6 nitrogen and oxygen atoms in total. The van der Waals surface area contributed by atoms with Gasteiger partial charge in [0, 0.05) is 23.5 Å². The molecule has 3 rings (SSSR count). The molecule has 1 amide bonds. The number of aromatic nitrogens is 2. The topological polar surface area (TPSA) is 93.6 Å². The largest absolute Gasteiger partial charge is 0.417 e. The van der Waals surface area contributed by atoms with Crippen molar-refractivity contribution in [3.8, 4) is 6.07 Å². The van der Waals surface area contributed by atoms with Crippen LogP contribution >= 0.6 is 0 Å². The molecule has 1 saturated carbocycles. The van der Waals surface area contributed by atoms with Crippen molar-refractivity contribution < 1.29 is 18.0 Å². The zero-order chi connectivity index (χ0) is 20.3. The highest BCUT2D eigenvalue weighted by Gasteiger charge is 2.34. The molecule has 0 spiro atoms. The number of nitrogens with zero attached hydrogens (tertiary/aromatic N) is 2. The lowest BCUT2D eigenvalue weighted by atomic mass is 9.90. The van der Waals surface area contributed by atoms with Crippen molar-refractivity contribution >= 4 is 11.6 Å². The minimum Gasteiger partial charge on any atom is -0.382 e. The molecule has 2 aromatic rings. The normalized spacial score (nSPS) is 19.7. The Balaban J connectivity index is 1.57. The number of amides is 1. The Morgan fingerprint density at radius 3 is 2.50 bits per heavy atom. The lowest BCUT2D eigenvalue weighted by molar-refractivity contribution is -0.137. The molecule has 0 saturated heterocycles. The van der Waals surface area contributed by atoms with Crippen LogP contribution in [0.3, 0.4) is 0 Å². The van der Waals surface area contributed by atoms with E-state index in [-0.39, 0.29) is 23.6 Å². The highest BCUT2D eigenvalue weighted by Crippen LogP contribution is 2.34. The van der Waals surface area contributed by atoms with Gasteiger partial charge in [-0.2, -0.15) is 23.5 Å². The van der Waals surface area contributed by atoms with E-state index in [0.717, 1.165) is 31.7 Å². The van der Waals surface area contributed by atoms with Crippen LogP contribution in [0.15, 0.2) is 24.4 Å². The molecule has 9 heteroatoms. The van der Waals surface area contributed by atoms with E-state index >= 15 is 0 Å². The fraction of sp³-hybridized carbons (Fsp3) is 0.421. The number of hydrogen-bond donors (Lipinski definition) is 3. The van der Waals surface area contributed by atoms with Gasteiger partial charge >= 0.3 is 6.18 Å². The van der Waals surface area contributed by atoms with Crippen molar-refractivity contribution in [2.24, 2.45) is 0 Å². The molecule has 28 heavy (non-hydrogen) atoms. The second kappa shape index (κ2) is 7.92. The number of aryl methyl sites for hydroxylation is 1. The Kier molecular flexibility index (Phi) is 5.58. The molecule has 0 radical (unpaired) electrons. The number of rotatable bonds is 4. The highest BCUT2D eigenvalue weighted by molar-refractivity contribution is 5.95. The minimum atomic E-state index is -4.57. The average Bonchev–Trinajstić information content (AvgIpc) is 3.08. The van der Waals surface area contributed by atoms with Crippen LogP contribution in [0, 0.1) is 18.3 Å². The first-order chi connectivity index (χ1) is 13.3. The third kappa shape index (κ3) is 4.44. The summed E-state index contributed by atoms with van der Waals surface area (Å²) in [6, 6.07) is 5.26. The van der Waals surface area contributed by atoms with E-state index in [4.69, 9.17) is 5.26 Å². The molecule has 0 atom stereocenters. The first-order valence-corrected chi connectivity index (χ1v) is 8.96. The SMILES string of the molecule is Cc1[nH]ncc1C(=O)NC1CCC(Nc2ccc(C#N)c(C(F)(F)F)c2)CC1. The van der Waals surface area contributed by atoms with E-state index in [0.29, 0.717) is 16.9 Å². The summed E-state index contributed by atoms with van der Waals surface area (Å²) in [6.07, 6.45) is -0.199. The standard InChI is InChI=1S/C19H20F3N5O/c1-11-16(10-24-27-11)18(28)26-14-6-4-13(5-7-14)25-15-3-2-12(9-23)17(8-15)19(20,21)22/h2-3,8,10,13-14,25H,4-7H2,1H3,(H,24,27)(H,26,28). The molecule has 1 heterocycles. The number of carbonyl (C=O) groups is 1. The number of benzene rings is 1. The van der Waals surface area contributed by atoms with Gasteiger partial charge in [0.1, 0.15) is 0 Å². The number of alkyl halides is 3. The quantitative estimate of drug-likeness (QED) is 0.740. The number of hydrogen-bond acceptors (Lipinski definition) is 4. The summed E-state index contributed by atoms with van der Waals surface area (Å²) in [5, 5.41) is 21.5. The highest BCUT2D eigenvalue weighted by atomic mass is 19.4. The summed E-state index contributed by atoms with van der Waals surface area (Å²) in [4.78, 5) is 12.2. The summed E-state index contributed by atoms with van der Waals surface area (Å²) in [6.45, 7) is 1.77. The zero-order valence-electron chi connectivity index (χ0n) is 15.2. The molecular weight excluding hydrogens is 371 g/mol. The van der Waals surface area contributed by atoms with Gasteiger partial charge in [-0.1, -0.05) is 0 Å². The molecule has 0 unspecified atom stereocenters. The number of carbonyl (C=O) groups excluding carboxylic acids is 1. The maximum atomic E-state index is 13.1. The third-order valence-corrected chi connectivity index (χ3v) is 4.95. The van der Waals surface area contributed by atoms with E-state index in [1.54, 1.807) is 13.0 Å². The zero-order valence-corrected chi connectivity index (χ0v) is 15.2. The number of aromatic amines is 1. The van der Waals surface area contributed by atoms with Crippen LogP contribution in [0.2, 0.25) is 0 Å². The van der Waals surface area contributed by atoms with Gasteiger partial charge in [0.2, 0.25) is 0 Å². The van der Waals surface area contributed by atoms with Gasteiger partial charge in [0.25, 0.3) is 5.91 Å². The van der Waals surface area contributed by atoms with Gasteiger partial charge in [0.15, 0.2) is 0 Å². The van der Waals surface area contributed by atoms with Crippen LogP contribution in [0.5, 0.6) is 0 Å². The lowest BCUT2D eigenvalue weighted by Crippen LogP contribution is -2.40. The minimum absolute atomic E-state index is 0.0119. The fourth-order valence-corrected chi connectivity index (χ4v) is 3.43. The summed E-state index contributed by atoms with van der Waals surface area (Å²) < 4.78 is 39.3. The van der Waals surface area contributed by atoms with Crippen LogP contribution in [-0.2, 0) is 6.18 Å². The van der Waals surface area contributed by atoms with Gasteiger partial charge in [-0.25, -0.2) is 0 Å². The van der Waals surface area contributed by atoms with Crippen LogP contribution in [0.25, 0.3) is 0 Å². The summed E-state index contributed by atoms with van der Waals surface area (Å²) in [7, 11) is 0. The van der Waals surface area contributed by atoms with E-state index in [1.165, 1.54) is 18.3 Å². The van der Waals surface area contributed by atoms with Crippen LogP contribution in [-0.4, -0.2) is 28.2 Å². The van der Waals surface area contributed by atoms with Crippen LogP contribution in [0.4, 0.5) is 18.9 Å². The summed E-state index contributed by atoms with van der Waals surface area (Å²) in [5.74, 6) is -0.176. The van der Waals surface area contributed by atoms with Gasteiger partial charge in [-0.05, 0) is 50.8 Å². The van der Waals surface area contributed by atoms with Crippen molar-refractivity contribution in [3.05, 3.63) is 46.8 Å². The molecule has 0 bridgehead atoms. The van der Waals surface area contributed by atoms with E-state index in [9.17, 15) is 18.0 Å². The van der Waals surface area contributed by atoms with Gasteiger partial charge in [0.05, 0.1) is 29.0 Å². The van der Waals surface area contributed by atoms with Gasteiger partial charge in [-0.15, -0.1) is 0 Å². The third-order valence-electron chi connectivity index (χ3n) is 4.95. The van der Waals surface area contributed by atoms with Crippen LogP contribution < -0.4 is 10.6 Å². The van der Waals surface area contributed by atoms with E-state index < -0.39 is 11.7 Å². The molecule has 1 aliphatic rings. The number of nitriles is 1. The molecule has 3 N–H and O–H groups in total. The number of anilines is 1. The Bertz CT molecular complexity index is 892. The predicted octanol–water partition coefficient (Wildman–Crippen LogP) is 3.76. The molecular formula is C19H20F3N5O. The van der Waals surface area contributed by atoms with Crippen molar-refractivity contribution in [1.82, 2.24) is 15.5 Å². The summed E-state index contributed by atoms with van der Waals surface area (Å²) in [5.41, 5.74) is 0.231. The number of H-pyrrole nitrogens is 1.